The molecule has 0 fully saturated rings. The van der Waals surface area contributed by atoms with Gasteiger partial charge in [0.1, 0.15) is 12.5 Å². The number of hydrogen-bond donors (Lipinski definition) is 0. The van der Waals surface area contributed by atoms with Crippen LogP contribution in [0.5, 0.6) is 0 Å². The molecule has 0 aromatic rings. The Labute approximate surface area is 128 Å². The zero-order valence-electron chi connectivity index (χ0n) is 7.91. The zero-order valence-corrected chi connectivity index (χ0v) is 13.7. The van der Waals surface area contributed by atoms with E-state index in [1.807, 2.05) is 0 Å². The van der Waals surface area contributed by atoms with Crippen LogP contribution in [0.25, 0.3) is 0 Å². The second kappa shape index (κ2) is 19.7. The van der Waals surface area contributed by atoms with Crippen LogP contribution < -0.4 is 68.9 Å². The van der Waals surface area contributed by atoms with Crippen molar-refractivity contribution in [2.75, 3.05) is 0 Å². The van der Waals surface area contributed by atoms with Gasteiger partial charge in [0, 0.05) is 0 Å². The first kappa shape index (κ1) is 24.4. The molecule has 0 saturated carbocycles. The molecule has 0 rings (SSSR count). The standard InChI is InChI=1S/2C2H3O3P.2Na/c2*1-2-5-6(3)4;;/h2*2H,1H2;;/q;;2*+1. The smallest absolute Gasteiger partial charge is 0.558 e. The third kappa shape index (κ3) is 37.9. The van der Waals surface area contributed by atoms with Gasteiger partial charge >= 0.3 is 75.6 Å². The van der Waals surface area contributed by atoms with Crippen molar-refractivity contribution < 1.29 is 87.1 Å². The Kier molecular flexibility index (Phi) is 34.4. The topological polar surface area (TPSA) is 98.7 Å². The fourth-order valence-corrected chi connectivity index (χ4v) is 0.365. The van der Waals surface area contributed by atoms with Crippen molar-refractivity contribution in [1.82, 2.24) is 0 Å². The van der Waals surface area contributed by atoms with Crippen LogP contribution in [-0.2, 0) is 18.2 Å². The SMILES string of the molecule is C=CO[P+](=O)[O-].C=CO[P+](=O)[O-].[Na+].[Na+]. The van der Waals surface area contributed by atoms with E-state index < -0.39 is 16.5 Å². The van der Waals surface area contributed by atoms with Gasteiger partial charge in [-0.15, -0.1) is 0 Å². The maximum atomic E-state index is 9.34. The van der Waals surface area contributed by atoms with Crippen molar-refractivity contribution in [2.24, 2.45) is 0 Å². The van der Waals surface area contributed by atoms with Crippen LogP contribution in [0.4, 0.5) is 0 Å². The summed E-state index contributed by atoms with van der Waals surface area (Å²) in [5.74, 6) is 0. The molecule has 2 atom stereocenters. The quantitative estimate of drug-likeness (QED) is 0.283. The van der Waals surface area contributed by atoms with E-state index in [1.165, 1.54) is 0 Å². The molecule has 0 bridgehead atoms. The number of hydrogen-bond acceptors (Lipinski definition) is 6. The Balaban J connectivity index is -0.0000000625. The summed E-state index contributed by atoms with van der Waals surface area (Å²) in [4.78, 5) is 18.7. The summed E-state index contributed by atoms with van der Waals surface area (Å²) in [6, 6.07) is 0. The molecule has 0 aromatic heterocycles. The van der Waals surface area contributed by atoms with E-state index in [0.29, 0.717) is 0 Å². The molecule has 10 heteroatoms. The summed E-state index contributed by atoms with van der Waals surface area (Å²) >= 11 is 0. The summed E-state index contributed by atoms with van der Waals surface area (Å²) < 4.78 is 26.2. The van der Waals surface area contributed by atoms with Gasteiger partial charge in [-0.3, -0.25) is 9.05 Å². The maximum Gasteiger partial charge on any atom is 1.00 e. The Morgan fingerprint density at radius 1 is 0.929 bits per heavy atom. The molecule has 0 spiro atoms. The summed E-state index contributed by atoms with van der Waals surface area (Å²) in [5, 5.41) is 0. The summed E-state index contributed by atoms with van der Waals surface area (Å²) in [6.45, 7) is 5.99. The first-order chi connectivity index (χ1) is 5.54. The van der Waals surface area contributed by atoms with Gasteiger partial charge in [-0.2, -0.15) is 0 Å². The Bertz CT molecular complexity index is 167. The molecule has 6 nitrogen and oxygen atoms in total. The molecule has 2 unspecified atom stereocenters. The van der Waals surface area contributed by atoms with Crippen molar-refractivity contribution in [1.29, 1.82) is 0 Å². The molecule has 0 aliphatic carbocycles. The van der Waals surface area contributed by atoms with Gasteiger partial charge in [-0.05, 0) is 9.13 Å². The van der Waals surface area contributed by atoms with E-state index in [0.717, 1.165) is 12.5 Å². The van der Waals surface area contributed by atoms with Gasteiger partial charge in [0.15, 0.2) is 0 Å². The average Bonchev–Trinajstić information content (AvgIpc) is 1.87. The fraction of sp³-hybridized carbons (Fsp3) is 0. The Morgan fingerprint density at radius 3 is 1.14 bits per heavy atom. The number of rotatable bonds is 4. The second-order valence-corrected chi connectivity index (χ2v) is 2.31. The van der Waals surface area contributed by atoms with Crippen LogP contribution in [-0.4, -0.2) is 0 Å². The molecular formula is C4H6Na2O6P2+2. The zero-order chi connectivity index (χ0) is 9.98. The van der Waals surface area contributed by atoms with Crippen molar-refractivity contribution in [2.45, 2.75) is 0 Å². The minimum absolute atomic E-state index is 0. The van der Waals surface area contributed by atoms with Crippen LogP contribution in [0.1, 0.15) is 0 Å². The molecule has 0 aromatic carbocycles. The van der Waals surface area contributed by atoms with Crippen molar-refractivity contribution in [3.05, 3.63) is 25.7 Å². The minimum Gasteiger partial charge on any atom is -0.558 e. The fourth-order valence-electron chi connectivity index (χ4n) is 0.122. The maximum absolute atomic E-state index is 9.34. The van der Waals surface area contributed by atoms with Gasteiger partial charge in [0.2, 0.25) is 0 Å². The van der Waals surface area contributed by atoms with E-state index in [2.05, 4.69) is 22.2 Å². The summed E-state index contributed by atoms with van der Waals surface area (Å²) in [5.41, 5.74) is 0. The van der Waals surface area contributed by atoms with E-state index >= 15 is 0 Å². The molecule has 0 radical (unpaired) electrons. The van der Waals surface area contributed by atoms with E-state index in [9.17, 15) is 18.9 Å². The second-order valence-electron chi connectivity index (χ2n) is 0.991. The molecule has 0 heterocycles. The minimum atomic E-state index is -2.72. The summed E-state index contributed by atoms with van der Waals surface area (Å²) in [6.07, 6.45) is 1.71. The third-order valence-corrected chi connectivity index (χ3v) is 0.964. The van der Waals surface area contributed by atoms with Crippen LogP contribution >= 0.6 is 16.5 Å². The molecule has 0 amide bonds. The average molecular weight is 258 g/mol. The molecule has 0 aliphatic rings. The predicted molar refractivity (Wildman–Crippen MR) is 37.8 cm³/mol. The molecule has 0 N–H and O–H groups in total. The van der Waals surface area contributed by atoms with Crippen LogP contribution in [0.2, 0.25) is 0 Å². The van der Waals surface area contributed by atoms with E-state index in [4.69, 9.17) is 0 Å². The van der Waals surface area contributed by atoms with Crippen LogP contribution in [0, 0.1) is 0 Å². The van der Waals surface area contributed by atoms with Crippen LogP contribution in [0.3, 0.4) is 0 Å². The predicted octanol–water partition coefficient (Wildman–Crippen LogP) is -5.66. The van der Waals surface area contributed by atoms with Crippen molar-refractivity contribution in [3.8, 4) is 0 Å². The normalized spacial score (nSPS) is 8.43. The van der Waals surface area contributed by atoms with Crippen LogP contribution in [0.15, 0.2) is 25.7 Å². The van der Waals surface area contributed by atoms with Gasteiger partial charge in [0.25, 0.3) is 0 Å². The first-order valence-corrected chi connectivity index (χ1v) is 4.57. The van der Waals surface area contributed by atoms with Gasteiger partial charge in [-0.1, -0.05) is 13.2 Å². The van der Waals surface area contributed by atoms with Gasteiger partial charge in [-0.25, -0.2) is 0 Å². The Hall–Kier alpha value is 1.20. The van der Waals surface area contributed by atoms with Gasteiger partial charge < -0.3 is 9.79 Å². The Morgan fingerprint density at radius 2 is 1.14 bits per heavy atom. The monoisotopic (exact) mass is 258 g/mol. The summed E-state index contributed by atoms with van der Waals surface area (Å²) in [7, 11) is -5.44. The molecule has 14 heavy (non-hydrogen) atoms. The van der Waals surface area contributed by atoms with E-state index in [-0.39, 0.29) is 59.1 Å². The van der Waals surface area contributed by atoms with Crippen molar-refractivity contribution in [3.63, 3.8) is 0 Å². The molecule has 0 saturated heterocycles. The van der Waals surface area contributed by atoms with Gasteiger partial charge in [0.05, 0.1) is 0 Å². The third-order valence-electron chi connectivity index (χ3n) is 0.321. The largest absolute Gasteiger partial charge is 1.00 e. The molecule has 68 valence electrons. The molecular weight excluding hydrogens is 252 g/mol. The van der Waals surface area contributed by atoms with Crippen molar-refractivity contribution >= 4 is 16.5 Å². The molecule has 0 aliphatic heterocycles. The van der Waals surface area contributed by atoms with E-state index in [1.54, 1.807) is 0 Å². The first-order valence-electron chi connectivity index (χ1n) is 2.38.